The maximum atomic E-state index is 12.9. The summed E-state index contributed by atoms with van der Waals surface area (Å²) in [5.41, 5.74) is 0.794. The minimum absolute atomic E-state index is 0.0696. The number of sulfonamides is 1. The average molecular weight is 479 g/mol. The van der Waals surface area contributed by atoms with E-state index in [1.54, 1.807) is 31.3 Å². The van der Waals surface area contributed by atoms with Crippen molar-refractivity contribution < 1.29 is 12.8 Å². The van der Waals surface area contributed by atoms with Crippen molar-refractivity contribution in [2.75, 3.05) is 7.05 Å². The van der Waals surface area contributed by atoms with E-state index in [0.29, 0.717) is 27.6 Å². The molecule has 1 aliphatic rings. The van der Waals surface area contributed by atoms with E-state index in [2.05, 4.69) is 15.2 Å². The molecule has 0 N–H and O–H groups in total. The Hall–Kier alpha value is -1.94. The number of halogens is 1. The van der Waals surface area contributed by atoms with Gasteiger partial charge in [0.15, 0.2) is 0 Å². The summed E-state index contributed by atoms with van der Waals surface area (Å²) in [5, 5.41) is 9.45. The second-order valence-corrected chi connectivity index (χ2v) is 10.9. The highest BCUT2D eigenvalue weighted by molar-refractivity contribution is 7.98. The van der Waals surface area contributed by atoms with Crippen molar-refractivity contribution in [1.82, 2.24) is 19.5 Å². The molecule has 0 spiro atoms. The summed E-state index contributed by atoms with van der Waals surface area (Å²) < 4.78 is 33.0. The third kappa shape index (κ3) is 5.28. The van der Waals surface area contributed by atoms with Gasteiger partial charge in [0, 0.05) is 29.9 Å². The van der Waals surface area contributed by atoms with Crippen LogP contribution in [0.1, 0.15) is 38.0 Å². The van der Waals surface area contributed by atoms with Crippen LogP contribution in [0.5, 0.6) is 0 Å². The van der Waals surface area contributed by atoms with Gasteiger partial charge in [-0.1, -0.05) is 42.6 Å². The summed E-state index contributed by atoms with van der Waals surface area (Å²) >= 11 is 7.30. The van der Waals surface area contributed by atoms with Crippen LogP contribution in [-0.4, -0.2) is 41.0 Å². The predicted octanol–water partition coefficient (Wildman–Crippen LogP) is 5.03. The van der Waals surface area contributed by atoms with Crippen LogP contribution in [0.2, 0.25) is 5.02 Å². The quantitative estimate of drug-likeness (QED) is 0.440. The van der Waals surface area contributed by atoms with E-state index in [1.165, 1.54) is 28.7 Å². The first kappa shape index (κ1) is 22.3. The summed E-state index contributed by atoms with van der Waals surface area (Å²) in [7, 11) is -1.87. The van der Waals surface area contributed by atoms with Crippen molar-refractivity contribution in [3.63, 3.8) is 0 Å². The number of benzene rings is 1. The van der Waals surface area contributed by atoms with Gasteiger partial charge in [-0.3, -0.25) is 0 Å². The molecule has 0 unspecified atom stereocenters. The molecule has 0 saturated heterocycles. The molecule has 164 valence electrons. The number of thioether (sulfide) groups is 1. The van der Waals surface area contributed by atoms with Gasteiger partial charge in [0.1, 0.15) is 4.90 Å². The zero-order chi connectivity index (χ0) is 21.8. The topological polar surface area (TPSA) is 89.2 Å². The lowest BCUT2D eigenvalue weighted by atomic mass is 9.96. The van der Waals surface area contributed by atoms with Gasteiger partial charge in [-0.2, -0.15) is 4.31 Å². The number of hydrogen-bond donors (Lipinski definition) is 0. The monoisotopic (exact) mass is 478 g/mol. The van der Waals surface area contributed by atoms with Gasteiger partial charge < -0.3 is 4.42 Å². The first-order valence-corrected chi connectivity index (χ1v) is 12.9. The first-order chi connectivity index (χ1) is 14.9. The Morgan fingerprint density at radius 2 is 1.84 bits per heavy atom. The van der Waals surface area contributed by atoms with E-state index >= 15 is 0 Å². The fourth-order valence-corrected chi connectivity index (χ4v) is 5.74. The van der Waals surface area contributed by atoms with E-state index in [0.717, 1.165) is 31.2 Å². The van der Waals surface area contributed by atoms with Crippen molar-refractivity contribution in [1.29, 1.82) is 0 Å². The Kier molecular flexibility index (Phi) is 6.95. The van der Waals surface area contributed by atoms with Gasteiger partial charge in [-0.25, -0.2) is 13.4 Å². The van der Waals surface area contributed by atoms with Crippen molar-refractivity contribution in [3.8, 4) is 11.5 Å². The summed E-state index contributed by atoms with van der Waals surface area (Å²) in [5.74, 6) is 1.32. The summed E-state index contributed by atoms with van der Waals surface area (Å²) in [4.78, 5) is 4.53. The van der Waals surface area contributed by atoms with Crippen molar-refractivity contribution in [3.05, 3.63) is 53.5 Å². The molecule has 0 aliphatic heterocycles. The normalized spacial score (nSPS) is 15.5. The van der Waals surface area contributed by atoms with E-state index in [-0.39, 0.29) is 10.9 Å². The number of aromatic nitrogens is 3. The van der Waals surface area contributed by atoms with Gasteiger partial charge in [0.2, 0.25) is 21.8 Å². The largest absolute Gasteiger partial charge is 0.420 e. The molecule has 2 aromatic heterocycles. The molecule has 10 heteroatoms. The Labute approximate surface area is 191 Å². The Morgan fingerprint density at radius 3 is 2.52 bits per heavy atom. The van der Waals surface area contributed by atoms with E-state index in [1.807, 2.05) is 12.1 Å². The van der Waals surface area contributed by atoms with E-state index < -0.39 is 10.0 Å². The molecule has 1 saturated carbocycles. The van der Waals surface area contributed by atoms with Gasteiger partial charge in [-0.05, 0) is 49.2 Å². The third-order valence-electron chi connectivity index (χ3n) is 5.38. The Morgan fingerprint density at radius 1 is 1.10 bits per heavy atom. The van der Waals surface area contributed by atoms with Crippen LogP contribution in [0, 0.1) is 0 Å². The number of nitrogens with zero attached hydrogens (tertiary/aromatic N) is 4. The molecule has 0 amide bonds. The van der Waals surface area contributed by atoms with Crippen LogP contribution in [0.25, 0.3) is 11.5 Å². The highest BCUT2D eigenvalue weighted by atomic mass is 35.5. The third-order valence-corrected chi connectivity index (χ3v) is 8.45. The first-order valence-electron chi connectivity index (χ1n) is 10.1. The maximum Gasteiger partial charge on any atom is 0.247 e. The minimum atomic E-state index is -3.54. The fraction of sp³-hybridized carbons (Fsp3) is 0.381. The predicted molar refractivity (Wildman–Crippen MR) is 120 cm³/mol. The number of rotatable bonds is 7. The minimum Gasteiger partial charge on any atom is -0.420 e. The molecule has 1 fully saturated rings. The van der Waals surface area contributed by atoms with E-state index in [9.17, 15) is 8.42 Å². The second-order valence-electron chi connectivity index (χ2n) is 7.44. The molecule has 1 aromatic carbocycles. The molecule has 4 rings (SSSR count). The summed E-state index contributed by atoms with van der Waals surface area (Å²) in [6.45, 7) is 0. The van der Waals surface area contributed by atoms with Crippen LogP contribution < -0.4 is 0 Å². The lowest BCUT2D eigenvalue weighted by Gasteiger charge is -2.30. The zero-order valence-electron chi connectivity index (χ0n) is 17.1. The molecule has 0 bridgehead atoms. The van der Waals surface area contributed by atoms with Crippen molar-refractivity contribution in [2.45, 2.75) is 53.8 Å². The lowest BCUT2D eigenvalue weighted by Crippen LogP contribution is -2.38. The van der Waals surface area contributed by atoms with Gasteiger partial charge in [0.05, 0.1) is 10.8 Å². The zero-order valence-corrected chi connectivity index (χ0v) is 19.5. The molecule has 3 aromatic rings. The van der Waals surface area contributed by atoms with Crippen LogP contribution in [0.15, 0.2) is 56.9 Å². The molecule has 0 atom stereocenters. The molecule has 7 nitrogen and oxygen atoms in total. The molecule has 31 heavy (non-hydrogen) atoms. The number of pyridine rings is 1. The SMILES string of the molecule is CN(C1CCCCC1)S(=O)(=O)c1ccc(SCc2nnc(-c3ccc(Cl)cc3)o2)nc1. The Bertz CT molecular complexity index is 1110. The molecule has 1 aliphatic carbocycles. The van der Waals surface area contributed by atoms with Crippen molar-refractivity contribution in [2.24, 2.45) is 0 Å². The smallest absolute Gasteiger partial charge is 0.247 e. The lowest BCUT2D eigenvalue weighted by molar-refractivity contribution is 0.285. The van der Waals surface area contributed by atoms with Crippen LogP contribution in [0.4, 0.5) is 0 Å². The van der Waals surface area contributed by atoms with Gasteiger partial charge >= 0.3 is 0 Å². The van der Waals surface area contributed by atoms with E-state index in [4.69, 9.17) is 16.0 Å². The molecular weight excluding hydrogens is 456 g/mol. The maximum absolute atomic E-state index is 12.9. The van der Waals surface area contributed by atoms with Crippen molar-refractivity contribution >= 4 is 33.4 Å². The van der Waals surface area contributed by atoms with Crippen LogP contribution >= 0.6 is 23.4 Å². The fourth-order valence-electron chi connectivity index (χ4n) is 3.57. The van der Waals surface area contributed by atoms with Gasteiger partial charge in [0.25, 0.3) is 0 Å². The molecule has 0 radical (unpaired) electrons. The summed E-state index contributed by atoms with van der Waals surface area (Å²) in [6.07, 6.45) is 6.59. The standard InChI is InChI=1S/C21H23ClN4O3S2/c1-26(17-5-3-2-4-6-17)31(27,28)18-11-12-20(23-13-18)30-14-19-24-25-21(29-19)15-7-9-16(22)10-8-15/h7-13,17H,2-6,14H2,1H3. The molecule has 2 heterocycles. The second kappa shape index (κ2) is 9.68. The molecular formula is C21H23ClN4O3S2. The van der Waals surface area contributed by atoms with Gasteiger partial charge in [-0.15, -0.1) is 10.2 Å². The van der Waals surface area contributed by atoms with Crippen LogP contribution in [-0.2, 0) is 15.8 Å². The van der Waals surface area contributed by atoms with Crippen LogP contribution in [0.3, 0.4) is 0 Å². The highest BCUT2D eigenvalue weighted by Crippen LogP contribution is 2.28. The number of hydrogen-bond acceptors (Lipinski definition) is 7. The highest BCUT2D eigenvalue weighted by Gasteiger charge is 2.29. The summed E-state index contributed by atoms with van der Waals surface area (Å²) in [6, 6.07) is 10.6. The average Bonchev–Trinajstić information content (AvgIpc) is 3.27. The Balaban J connectivity index is 1.38.